The molecule has 5 fully saturated rings. The predicted octanol–water partition coefficient (Wildman–Crippen LogP) is 4.35. The first-order valence-corrected chi connectivity index (χ1v) is 14.3. The molecule has 1 aliphatic heterocycles. The minimum Gasteiger partial charge on any atom is -0.393 e. The average Bonchev–Trinajstić information content (AvgIpc) is 3.14. The van der Waals surface area contributed by atoms with Gasteiger partial charge in [0, 0.05) is 6.42 Å². The van der Waals surface area contributed by atoms with Gasteiger partial charge in [-0.3, -0.25) is 0 Å². The van der Waals surface area contributed by atoms with Crippen molar-refractivity contribution in [1.29, 1.82) is 0 Å². The summed E-state index contributed by atoms with van der Waals surface area (Å²) in [6.07, 6.45) is 6.39. The minimum absolute atomic E-state index is 0.00178. The Morgan fingerprint density at radius 1 is 0.735 bits per heavy atom. The topological polar surface area (TPSA) is 90.2 Å². The van der Waals surface area contributed by atoms with E-state index in [4.69, 9.17) is 4.74 Å². The third kappa shape index (κ3) is 3.83. The molecule has 196 valence electrons. The Labute approximate surface area is 206 Å². The van der Waals surface area contributed by atoms with E-state index in [-0.39, 0.29) is 34.9 Å². The second-order valence-corrected chi connectivity index (χ2v) is 14.0. The van der Waals surface area contributed by atoms with Crippen molar-refractivity contribution in [1.82, 2.24) is 0 Å². The van der Waals surface area contributed by atoms with Crippen LogP contribution in [0.3, 0.4) is 0 Å². The minimum atomic E-state index is -0.733. The fraction of sp³-hybridized carbons (Fsp3) is 1.00. The van der Waals surface area contributed by atoms with Crippen LogP contribution in [-0.4, -0.2) is 51.1 Å². The number of hydrogen-bond donors (Lipinski definition) is 4. The first-order valence-electron chi connectivity index (χ1n) is 14.3. The summed E-state index contributed by atoms with van der Waals surface area (Å²) in [6, 6.07) is 0. The average molecular weight is 479 g/mol. The van der Waals surface area contributed by atoms with Crippen LogP contribution in [0.4, 0.5) is 0 Å². The molecule has 0 bridgehead atoms. The Balaban J connectivity index is 1.38. The van der Waals surface area contributed by atoms with Crippen LogP contribution in [0.2, 0.25) is 0 Å². The van der Waals surface area contributed by atoms with Gasteiger partial charge in [-0.15, -0.1) is 0 Å². The molecule has 1 saturated heterocycles. The van der Waals surface area contributed by atoms with Gasteiger partial charge in [0.1, 0.15) is 0 Å². The van der Waals surface area contributed by atoms with E-state index in [0.717, 1.165) is 44.9 Å². The highest BCUT2D eigenvalue weighted by atomic mass is 16.6. The summed E-state index contributed by atoms with van der Waals surface area (Å²) in [6.45, 7) is 11.7. The molecular formula is C29H50O5. The van der Waals surface area contributed by atoms with Gasteiger partial charge in [-0.25, -0.2) is 0 Å². The molecule has 4 aliphatic carbocycles. The number of rotatable bonds is 3. The molecule has 34 heavy (non-hydrogen) atoms. The Morgan fingerprint density at radius 3 is 2.12 bits per heavy atom. The summed E-state index contributed by atoms with van der Waals surface area (Å²) in [5.74, 6) is 2.94. The fourth-order valence-corrected chi connectivity index (χ4v) is 10.3. The van der Waals surface area contributed by atoms with E-state index in [9.17, 15) is 20.4 Å². The van der Waals surface area contributed by atoms with Crippen molar-refractivity contribution >= 4 is 0 Å². The van der Waals surface area contributed by atoms with Gasteiger partial charge < -0.3 is 25.2 Å². The van der Waals surface area contributed by atoms with Gasteiger partial charge in [0.15, 0.2) is 6.29 Å². The maximum Gasteiger partial charge on any atom is 0.155 e. The molecule has 0 spiro atoms. The lowest BCUT2D eigenvalue weighted by atomic mass is 9.43. The molecule has 0 aromatic rings. The van der Waals surface area contributed by atoms with E-state index in [0.29, 0.717) is 41.9 Å². The molecule has 0 aromatic heterocycles. The third-order valence-electron chi connectivity index (χ3n) is 12.3. The van der Waals surface area contributed by atoms with Crippen molar-refractivity contribution in [3.05, 3.63) is 0 Å². The number of aliphatic hydroxyl groups excluding tert-OH is 4. The van der Waals surface area contributed by atoms with E-state index in [2.05, 4.69) is 34.6 Å². The van der Waals surface area contributed by atoms with Crippen LogP contribution in [0, 0.1) is 58.2 Å². The largest absolute Gasteiger partial charge is 0.393 e. The van der Waals surface area contributed by atoms with Gasteiger partial charge >= 0.3 is 0 Å². The van der Waals surface area contributed by atoms with Crippen LogP contribution in [0.25, 0.3) is 0 Å². The van der Waals surface area contributed by atoms with E-state index in [1.165, 1.54) is 6.42 Å². The Morgan fingerprint density at radius 2 is 1.41 bits per heavy atom. The number of ether oxygens (including phenoxy) is 1. The van der Waals surface area contributed by atoms with Crippen molar-refractivity contribution in [2.75, 3.05) is 0 Å². The smallest absolute Gasteiger partial charge is 0.155 e. The molecule has 5 nitrogen and oxygen atoms in total. The molecule has 4 saturated carbocycles. The van der Waals surface area contributed by atoms with Crippen LogP contribution in [-0.2, 0) is 4.74 Å². The zero-order valence-corrected chi connectivity index (χ0v) is 22.1. The molecule has 5 heteroatoms. The molecule has 3 unspecified atom stereocenters. The predicted molar refractivity (Wildman–Crippen MR) is 132 cm³/mol. The molecule has 5 rings (SSSR count). The van der Waals surface area contributed by atoms with Crippen molar-refractivity contribution in [3.63, 3.8) is 0 Å². The highest BCUT2D eigenvalue weighted by molar-refractivity contribution is 5.14. The number of fused-ring (bicyclic) bond motifs is 5. The van der Waals surface area contributed by atoms with E-state index in [1.54, 1.807) is 0 Å². The summed E-state index contributed by atoms with van der Waals surface area (Å²) >= 11 is 0. The fourth-order valence-electron chi connectivity index (χ4n) is 10.3. The lowest BCUT2D eigenvalue weighted by Gasteiger charge is -2.63. The molecule has 4 N–H and O–H groups in total. The van der Waals surface area contributed by atoms with Crippen molar-refractivity contribution < 1.29 is 25.2 Å². The van der Waals surface area contributed by atoms with Gasteiger partial charge in [0.25, 0.3) is 0 Å². The van der Waals surface area contributed by atoms with Crippen LogP contribution in [0.5, 0.6) is 0 Å². The van der Waals surface area contributed by atoms with E-state index in [1.807, 2.05) is 0 Å². The lowest BCUT2D eigenvalue weighted by Crippen LogP contribution is -2.64. The highest BCUT2D eigenvalue weighted by Crippen LogP contribution is 2.68. The Hall–Kier alpha value is -0.200. The van der Waals surface area contributed by atoms with Gasteiger partial charge in [-0.2, -0.15) is 0 Å². The van der Waals surface area contributed by atoms with Gasteiger partial charge in [-0.05, 0) is 110 Å². The number of aliphatic hydroxyl groups is 4. The zero-order valence-electron chi connectivity index (χ0n) is 22.1. The quantitative estimate of drug-likeness (QED) is 0.484. The standard InChI is InChI=1S/C29H50O5/c1-15(2)17-12-23(34-24(31)13-17)16(3)19-6-7-20-25-21(9-11-28(19,20)4)29(5)10-8-18(30)14-22(29)26(32)27(25)33/h15-27,30-33H,6-14H2,1-5H3/t16-,17-,18-,19?,20-,21-,22?,23-,24?,25-,26+,27+,28+,29+/m0/s1. The maximum absolute atomic E-state index is 11.5. The van der Waals surface area contributed by atoms with E-state index < -0.39 is 18.5 Å². The molecule has 1 heterocycles. The van der Waals surface area contributed by atoms with E-state index >= 15 is 0 Å². The first kappa shape index (κ1) is 25.4. The van der Waals surface area contributed by atoms with Gasteiger partial charge in [0.05, 0.1) is 24.4 Å². The maximum atomic E-state index is 11.5. The van der Waals surface area contributed by atoms with Gasteiger partial charge in [0.2, 0.25) is 0 Å². The Bertz CT molecular complexity index is 742. The summed E-state index contributed by atoms with van der Waals surface area (Å²) in [7, 11) is 0. The molecule has 0 radical (unpaired) electrons. The monoisotopic (exact) mass is 478 g/mol. The van der Waals surface area contributed by atoms with Crippen LogP contribution >= 0.6 is 0 Å². The highest BCUT2D eigenvalue weighted by Gasteiger charge is 2.65. The normalized spacial score (nSPS) is 56.5. The summed E-state index contributed by atoms with van der Waals surface area (Å²) < 4.78 is 6.15. The molecule has 14 atom stereocenters. The van der Waals surface area contributed by atoms with Crippen LogP contribution < -0.4 is 0 Å². The number of hydrogen-bond acceptors (Lipinski definition) is 5. The van der Waals surface area contributed by atoms with Gasteiger partial charge in [-0.1, -0.05) is 34.6 Å². The van der Waals surface area contributed by atoms with Crippen LogP contribution in [0.15, 0.2) is 0 Å². The molecular weight excluding hydrogens is 428 g/mol. The third-order valence-corrected chi connectivity index (χ3v) is 12.3. The zero-order chi connectivity index (χ0) is 24.6. The lowest BCUT2D eigenvalue weighted by molar-refractivity contribution is -0.228. The molecule has 0 aromatic carbocycles. The second-order valence-electron chi connectivity index (χ2n) is 14.0. The SMILES string of the molecule is CC(C)[C@@H]1CC(O)O[C@H]([C@@H](C)C2CC[C@H]3[C@@H]4[C@@H](O)[C@H](O)C5C[C@@H](O)CC[C@]5(C)[C@H]4CC[C@]23C)C1. The van der Waals surface area contributed by atoms with Crippen molar-refractivity contribution in [2.24, 2.45) is 58.2 Å². The summed E-state index contributed by atoms with van der Waals surface area (Å²) in [5.41, 5.74) is 0.145. The summed E-state index contributed by atoms with van der Waals surface area (Å²) in [4.78, 5) is 0. The van der Waals surface area contributed by atoms with Crippen molar-refractivity contribution in [3.8, 4) is 0 Å². The van der Waals surface area contributed by atoms with Crippen LogP contribution in [0.1, 0.15) is 92.4 Å². The first-order chi connectivity index (χ1) is 16.0. The molecule has 5 aliphatic rings. The molecule has 0 amide bonds. The van der Waals surface area contributed by atoms with Crippen molar-refractivity contribution in [2.45, 2.75) is 123 Å². The second kappa shape index (κ2) is 8.97. The summed E-state index contributed by atoms with van der Waals surface area (Å²) in [5, 5.41) is 43.6. The Kier molecular flexibility index (Phi) is 6.72.